The molecule has 1 N–H and O–H groups in total. The number of fused-ring (bicyclic) bond motifs is 1. The summed E-state index contributed by atoms with van der Waals surface area (Å²) in [5, 5.41) is 10.7. The quantitative estimate of drug-likeness (QED) is 0.579. The molecule has 0 atom stereocenters. The largest absolute Gasteiger partial charge is 0.481 e. The molecule has 4 nitrogen and oxygen atoms in total. The fraction of sp³-hybridized carbons (Fsp3) is 0.444. The van der Waals surface area contributed by atoms with E-state index in [-0.39, 0.29) is 11.3 Å². The fourth-order valence-electron chi connectivity index (χ4n) is 6.63. The van der Waals surface area contributed by atoms with Gasteiger partial charge in [-0.15, -0.1) is 0 Å². The third kappa shape index (κ3) is 3.03. The molecule has 6 rings (SSSR count). The van der Waals surface area contributed by atoms with Gasteiger partial charge in [0.15, 0.2) is 0 Å². The number of ether oxygens (including phenoxy) is 1. The molecule has 1 saturated heterocycles. The summed E-state index contributed by atoms with van der Waals surface area (Å²) in [6.07, 6.45) is 6.13. The van der Waals surface area contributed by atoms with Crippen LogP contribution in [0.4, 0.5) is 0 Å². The van der Waals surface area contributed by atoms with Gasteiger partial charge >= 0.3 is 5.97 Å². The van der Waals surface area contributed by atoms with E-state index in [4.69, 9.17) is 4.74 Å². The number of aromatic nitrogens is 1. The summed E-state index contributed by atoms with van der Waals surface area (Å²) >= 11 is 0. The second kappa shape index (κ2) is 7.23. The highest BCUT2D eigenvalue weighted by atomic mass is 16.5. The van der Waals surface area contributed by atoms with Crippen molar-refractivity contribution in [3.05, 3.63) is 65.9 Å². The zero-order valence-electron chi connectivity index (χ0n) is 17.8. The number of carbonyl (C=O) groups is 1. The van der Waals surface area contributed by atoms with Gasteiger partial charge in [-0.2, -0.15) is 0 Å². The summed E-state index contributed by atoms with van der Waals surface area (Å²) in [6, 6.07) is 19.6. The molecule has 2 aliphatic carbocycles. The topological polar surface area (TPSA) is 51.5 Å². The lowest BCUT2D eigenvalue weighted by Crippen LogP contribution is -2.49. The maximum Gasteiger partial charge on any atom is 0.306 e. The molecule has 4 heteroatoms. The molecule has 0 bridgehead atoms. The highest BCUT2D eigenvalue weighted by molar-refractivity contribution is 5.88. The van der Waals surface area contributed by atoms with Gasteiger partial charge in [0, 0.05) is 35.9 Å². The minimum atomic E-state index is -0.613. The number of carboxylic acid groups (broad SMARTS) is 1. The minimum absolute atomic E-state index is 0.124. The molecule has 2 saturated carbocycles. The average molecular weight is 416 g/mol. The smallest absolute Gasteiger partial charge is 0.306 e. The van der Waals surface area contributed by atoms with Crippen LogP contribution >= 0.6 is 0 Å². The van der Waals surface area contributed by atoms with Crippen LogP contribution in [-0.2, 0) is 9.53 Å². The maximum absolute atomic E-state index is 11.3. The van der Waals surface area contributed by atoms with Gasteiger partial charge in [0.2, 0.25) is 0 Å². The van der Waals surface area contributed by atoms with Crippen molar-refractivity contribution < 1.29 is 14.6 Å². The SMILES string of the molecule is O=C(O)C1CC2(C1)CC(c1c(C3CCOCC3)n(-c3ccccc3)c3ccccc13)C2. The number of para-hydroxylation sites is 2. The summed E-state index contributed by atoms with van der Waals surface area (Å²) in [7, 11) is 0. The van der Waals surface area contributed by atoms with Crippen molar-refractivity contribution in [2.75, 3.05) is 13.2 Å². The Kier molecular flexibility index (Phi) is 4.46. The minimum Gasteiger partial charge on any atom is -0.481 e. The number of benzene rings is 2. The van der Waals surface area contributed by atoms with E-state index < -0.39 is 5.97 Å². The third-order valence-electron chi connectivity index (χ3n) is 8.05. The van der Waals surface area contributed by atoms with Gasteiger partial charge < -0.3 is 14.4 Å². The number of nitrogens with zero attached hydrogens (tertiary/aromatic N) is 1. The van der Waals surface area contributed by atoms with Crippen LogP contribution in [0.25, 0.3) is 16.6 Å². The number of rotatable bonds is 4. The Morgan fingerprint density at radius 3 is 2.29 bits per heavy atom. The second-order valence-electron chi connectivity index (χ2n) is 9.92. The lowest BCUT2D eigenvalue weighted by molar-refractivity contribution is -0.155. The van der Waals surface area contributed by atoms with Gasteiger partial charge in [0.25, 0.3) is 0 Å². The van der Waals surface area contributed by atoms with Crippen LogP contribution in [0, 0.1) is 11.3 Å². The van der Waals surface area contributed by atoms with Crippen LogP contribution in [0.5, 0.6) is 0 Å². The molecule has 31 heavy (non-hydrogen) atoms. The first kappa shape index (κ1) is 19.1. The molecule has 3 aliphatic rings. The van der Waals surface area contributed by atoms with Crippen molar-refractivity contribution >= 4 is 16.9 Å². The molecule has 3 fully saturated rings. The van der Waals surface area contributed by atoms with Crippen molar-refractivity contribution in [1.82, 2.24) is 4.57 Å². The summed E-state index contributed by atoms with van der Waals surface area (Å²) < 4.78 is 8.22. The van der Waals surface area contributed by atoms with E-state index in [1.807, 2.05) is 0 Å². The van der Waals surface area contributed by atoms with Crippen molar-refractivity contribution in [3.8, 4) is 5.69 Å². The average Bonchev–Trinajstić information content (AvgIpc) is 3.08. The van der Waals surface area contributed by atoms with Crippen LogP contribution < -0.4 is 0 Å². The Morgan fingerprint density at radius 1 is 0.903 bits per heavy atom. The van der Waals surface area contributed by atoms with Crippen LogP contribution in [0.15, 0.2) is 54.6 Å². The zero-order valence-corrected chi connectivity index (χ0v) is 17.8. The summed E-state index contributed by atoms with van der Waals surface area (Å²) in [5.41, 5.74) is 5.80. The van der Waals surface area contributed by atoms with E-state index in [9.17, 15) is 9.90 Å². The molecular weight excluding hydrogens is 386 g/mol. The standard InChI is InChI=1S/C27H29NO3/c29-26(30)20-16-27(17-20)14-19(15-27)24-22-8-4-5-9-23(22)28(21-6-2-1-3-7-21)25(24)18-10-12-31-13-11-18/h1-9,18-20H,10-17H2,(H,29,30). The van der Waals surface area contributed by atoms with E-state index in [0.29, 0.717) is 11.8 Å². The van der Waals surface area contributed by atoms with E-state index in [1.165, 1.54) is 27.8 Å². The van der Waals surface area contributed by atoms with E-state index in [2.05, 4.69) is 59.2 Å². The normalized spacial score (nSPS) is 28.4. The number of hydrogen-bond donors (Lipinski definition) is 1. The molecule has 3 aromatic rings. The van der Waals surface area contributed by atoms with Crippen LogP contribution in [0.3, 0.4) is 0 Å². The zero-order chi connectivity index (χ0) is 21.0. The molecule has 0 amide bonds. The van der Waals surface area contributed by atoms with E-state index in [0.717, 1.165) is 51.7 Å². The van der Waals surface area contributed by atoms with Crippen LogP contribution in [-0.4, -0.2) is 28.9 Å². The molecule has 0 unspecified atom stereocenters. The lowest BCUT2D eigenvalue weighted by atomic mass is 9.47. The van der Waals surface area contributed by atoms with Gasteiger partial charge in [-0.3, -0.25) is 4.79 Å². The molecule has 160 valence electrons. The van der Waals surface area contributed by atoms with Crippen molar-refractivity contribution in [3.63, 3.8) is 0 Å². The predicted molar refractivity (Wildman–Crippen MR) is 121 cm³/mol. The van der Waals surface area contributed by atoms with Crippen molar-refractivity contribution in [2.24, 2.45) is 11.3 Å². The van der Waals surface area contributed by atoms with Gasteiger partial charge in [-0.05, 0) is 73.6 Å². The second-order valence-corrected chi connectivity index (χ2v) is 9.92. The molecule has 1 aromatic heterocycles. The number of hydrogen-bond acceptors (Lipinski definition) is 2. The van der Waals surface area contributed by atoms with Gasteiger partial charge in [0.05, 0.1) is 11.4 Å². The molecular formula is C27H29NO3. The maximum atomic E-state index is 11.3. The first-order valence-corrected chi connectivity index (χ1v) is 11.6. The first-order valence-electron chi connectivity index (χ1n) is 11.6. The monoisotopic (exact) mass is 415 g/mol. The molecule has 2 heterocycles. The third-order valence-corrected chi connectivity index (χ3v) is 8.05. The van der Waals surface area contributed by atoms with Gasteiger partial charge in [-0.1, -0.05) is 36.4 Å². The predicted octanol–water partition coefficient (Wildman–Crippen LogP) is 5.88. The molecule has 2 aromatic carbocycles. The Labute approximate surface area is 182 Å². The first-order chi connectivity index (χ1) is 15.2. The van der Waals surface area contributed by atoms with Crippen LogP contribution in [0.2, 0.25) is 0 Å². The Bertz CT molecular complexity index is 1110. The highest BCUT2D eigenvalue weighted by Gasteiger charge is 2.56. The van der Waals surface area contributed by atoms with Crippen molar-refractivity contribution in [2.45, 2.75) is 50.4 Å². The van der Waals surface area contributed by atoms with Crippen LogP contribution in [0.1, 0.15) is 61.6 Å². The van der Waals surface area contributed by atoms with E-state index in [1.54, 1.807) is 0 Å². The number of carboxylic acids is 1. The summed E-state index contributed by atoms with van der Waals surface area (Å²) in [4.78, 5) is 11.3. The summed E-state index contributed by atoms with van der Waals surface area (Å²) in [6.45, 7) is 1.66. The Balaban J connectivity index is 1.46. The molecule has 1 aliphatic heterocycles. The fourth-order valence-corrected chi connectivity index (χ4v) is 6.63. The molecule has 0 radical (unpaired) electrons. The lowest BCUT2D eigenvalue weighted by Gasteiger charge is -2.57. The molecule has 1 spiro atoms. The van der Waals surface area contributed by atoms with E-state index >= 15 is 0 Å². The Morgan fingerprint density at radius 2 is 1.58 bits per heavy atom. The van der Waals surface area contributed by atoms with Gasteiger partial charge in [-0.25, -0.2) is 0 Å². The van der Waals surface area contributed by atoms with Crippen molar-refractivity contribution in [1.29, 1.82) is 0 Å². The Hall–Kier alpha value is -2.59. The van der Waals surface area contributed by atoms with Gasteiger partial charge in [0.1, 0.15) is 0 Å². The summed E-state index contributed by atoms with van der Waals surface area (Å²) in [5.74, 6) is 0.294. The number of aliphatic carboxylic acids is 1. The highest BCUT2D eigenvalue weighted by Crippen LogP contribution is 2.65.